The molecule has 0 aliphatic carbocycles. The van der Waals surface area contributed by atoms with Crippen molar-refractivity contribution in [3.8, 4) is 0 Å². The first-order valence-corrected chi connectivity index (χ1v) is 8.76. The van der Waals surface area contributed by atoms with Gasteiger partial charge in [-0.2, -0.15) is 0 Å². The summed E-state index contributed by atoms with van der Waals surface area (Å²) in [5.41, 5.74) is 1.84. The van der Waals surface area contributed by atoms with E-state index in [1.54, 1.807) is 19.0 Å². The van der Waals surface area contributed by atoms with Gasteiger partial charge < -0.3 is 14.9 Å². The molecule has 0 spiro atoms. The van der Waals surface area contributed by atoms with E-state index in [4.69, 9.17) is 5.11 Å². The Kier molecular flexibility index (Phi) is 5.09. The largest absolute Gasteiger partial charge is 0.395 e. The summed E-state index contributed by atoms with van der Waals surface area (Å²) in [5, 5.41) is 9.13. The predicted molar refractivity (Wildman–Crippen MR) is 101 cm³/mol. The summed E-state index contributed by atoms with van der Waals surface area (Å²) in [5.74, 6) is -0.207. The highest BCUT2D eigenvalue weighted by Gasteiger charge is 2.51. The smallest absolute Gasteiger partial charge is 0.238 e. The first-order valence-electron chi connectivity index (χ1n) is 8.76. The van der Waals surface area contributed by atoms with E-state index in [0.29, 0.717) is 6.42 Å². The zero-order valence-corrected chi connectivity index (χ0v) is 15.2. The van der Waals surface area contributed by atoms with Gasteiger partial charge in [0.1, 0.15) is 0 Å². The summed E-state index contributed by atoms with van der Waals surface area (Å²) in [7, 11) is 3.42. The van der Waals surface area contributed by atoms with Crippen LogP contribution in [0.5, 0.6) is 0 Å². The summed E-state index contributed by atoms with van der Waals surface area (Å²) in [4.78, 5) is 29.2. The normalized spacial score (nSPS) is 18.7. The lowest BCUT2D eigenvalue weighted by atomic mass is 9.73. The molecule has 1 aliphatic heterocycles. The number of amides is 2. The molecule has 1 N–H and O–H groups in total. The molecule has 136 valence electrons. The Hall–Kier alpha value is -2.66. The molecule has 26 heavy (non-hydrogen) atoms. The second-order valence-corrected chi connectivity index (χ2v) is 6.84. The number of likely N-dealkylation sites (N-methyl/N-ethyl adjacent to an activating group) is 2. The maximum atomic E-state index is 13.3. The van der Waals surface area contributed by atoms with Crippen molar-refractivity contribution in [2.24, 2.45) is 0 Å². The Morgan fingerprint density at radius 3 is 2.46 bits per heavy atom. The molecule has 0 saturated heterocycles. The molecule has 1 atom stereocenters. The van der Waals surface area contributed by atoms with Crippen LogP contribution in [0.4, 0.5) is 5.69 Å². The maximum absolute atomic E-state index is 13.3. The van der Waals surface area contributed by atoms with Crippen LogP contribution < -0.4 is 4.90 Å². The lowest BCUT2D eigenvalue weighted by Crippen LogP contribution is -2.45. The number of benzene rings is 2. The predicted octanol–water partition coefficient (Wildman–Crippen LogP) is 1.98. The van der Waals surface area contributed by atoms with Crippen molar-refractivity contribution < 1.29 is 14.7 Å². The molecule has 1 aliphatic rings. The number of carbonyl (C=O) groups excluding carboxylic acids is 2. The minimum Gasteiger partial charge on any atom is -0.395 e. The van der Waals surface area contributed by atoms with Gasteiger partial charge in [-0.1, -0.05) is 48.5 Å². The van der Waals surface area contributed by atoms with Crippen molar-refractivity contribution in [2.75, 3.05) is 32.1 Å². The molecule has 0 unspecified atom stereocenters. The van der Waals surface area contributed by atoms with Gasteiger partial charge in [0.15, 0.2) is 0 Å². The highest BCUT2D eigenvalue weighted by molar-refractivity contribution is 6.09. The molecular weight excluding hydrogens is 328 g/mol. The first-order chi connectivity index (χ1) is 12.5. The van der Waals surface area contributed by atoms with E-state index in [2.05, 4.69) is 0 Å². The Balaban J connectivity index is 2.05. The minimum absolute atomic E-state index is 0.0618. The van der Waals surface area contributed by atoms with Crippen molar-refractivity contribution in [2.45, 2.75) is 18.3 Å². The third-order valence-electron chi connectivity index (χ3n) is 5.16. The average molecular weight is 352 g/mol. The van der Waals surface area contributed by atoms with Crippen molar-refractivity contribution >= 4 is 17.5 Å². The Bertz CT molecular complexity index is 806. The average Bonchev–Trinajstić information content (AvgIpc) is 2.85. The van der Waals surface area contributed by atoms with Gasteiger partial charge in [-0.3, -0.25) is 9.59 Å². The second kappa shape index (κ2) is 7.30. The Morgan fingerprint density at radius 2 is 1.77 bits per heavy atom. The molecule has 0 saturated carbocycles. The van der Waals surface area contributed by atoms with E-state index in [1.807, 2.05) is 54.6 Å². The molecule has 2 aromatic rings. The summed E-state index contributed by atoms with van der Waals surface area (Å²) >= 11 is 0. The summed E-state index contributed by atoms with van der Waals surface area (Å²) in [6, 6.07) is 17.5. The zero-order chi connectivity index (χ0) is 18.7. The summed E-state index contributed by atoms with van der Waals surface area (Å²) in [6.45, 7) is 0.157. The molecule has 5 nitrogen and oxygen atoms in total. The van der Waals surface area contributed by atoms with Crippen LogP contribution >= 0.6 is 0 Å². The highest BCUT2D eigenvalue weighted by atomic mass is 16.3. The van der Waals surface area contributed by atoms with E-state index in [1.165, 1.54) is 4.90 Å². The van der Waals surface area contributed by atoms with Crippen molar-refractivity contribution in [3.63, 3.8) is 0 Å². The Labute approximate surface area is 153 Å². The van der Waals surface area contributed by atoms with Crippen LogP contribution in [-0.4, -0.2) is 49.1 Å². The summed E-state index contributed by atoms with van der Waals surface area (Å²) < 4.78 is 0. The number of rotatable bonds is 6. The van der Waals surface area contributed by atoms with Crippen molar-refractivity contribution in [1.29, 1.82) is 0 Å². The first kappa shape index (κ1) is 18.1. The number of fused-ring (bicyclic) bond motifs is 1. The SMILES string of the molecule is CN(CCO)C(=O)C[C@@]1(Cc2ccccc2)C(=O)N(C)c2ccccc21. The van der Waals surface area contributed by atoms with Crippen LogP contribution in [0.3, 0.4) is 0 Å². The minimum atomic E-state index is -0.923. The van der Waals surface area contributed by atoms with Crippen molar-refractivity contribution in [1.82, 2.24) is 4.90 Å². The van der Waals surface area contributed by atoms with Gasteiger partial charge in [0.2, 0.25) is 11.8 Å². The van der Waals surface area contributed by atoms with Gasteiger partial charge in [-0.25, -0.2) is 0 Å². The number of nitrogens with zero attached hydrogens (tertiary/aromatic N) is 2. The van der Waals surface area contributed by atoms with Crippen molar-refractivity contribution in [3.05, 3.63) is 65.7 Å². The lowest BCUT2D eigenvalue weighted by molar-refractivity contribution is -0.135. The second-order valence-electron chi connectivity index (χ2n) is 6.84. The van der Waals surface area contributed by atoms with Crippen LogP contribution in [0, 0.1) is 0 Å². The van der Waals surface area contributed by atoms with E-state index in [9.17, 15) is 9.59 Å². The number of hydrogen-bond donors (Lipinski definition) is 1. The van der Waals surface area contributed by atoms with Crippen LogP contribution in [0.15, 0.2) is 54.6 Å². The number of anilines is 1. The monoisotopic (exact) mass is 352 g/mol. The topological polar surface area (TPSA) is 60.9 Å². The molecule has 0 fully saturated rings. The fourth-order valence-electron chi connectivity index (χ4n) is 3.73. The van der Waals surface area contributed by atoms with Crippen LogP contribution in [0.1, 0.15) is 17.5 Å². The molecule has 0 bridgehead atoms. The fourth-order valence-corrected chi connectivity index (χ4v) is 3.73. The third kappa shape index (κ3) is 3.10. The van der Waals surface area contributed by atoms with Gasteiger partial charge in [-0.15, -0.1) is 0 Å². The molecule has 1 heterocycles. The highest BCUT2D eigenvalue weighted by Crippen LogP contribution is 2.45. The molecular formula is C21H24N2O3. The van der Waals surface area contributed by atoms with E-state index < -0.39 is 5.41 Å². The molecule has 3 rings (SSSR count). The molecule has 0 radical (unpaired) electrons. The van der Waals surface area contributed by atoms with Gasteiger partial charge in [0.05, 0.1) is 12.0 Å². The molecule has 2 amide bonds. The zero-order valence-electron chi connectivity index (χ0n) is 15.2. The number of hydrogen-bond acceptors (Lipinski definition) is 3. The molecule has 5 heteroatoms. The third-order valence-corrected chi connectivity index (χ3v) is 5.16. The number of carbonyl (C=O) groups is 2. The van der Waals surface area contributed by atoms with E-state index in [-0.39, 0.29) is 31.4 Å². The molecule has 2 aromatic carbocycles. The number of aliphatic hydroxyl groups excluding tert-OH is 1. The fraction of sp³-hybridized carbons (Fsp3) is 0.333. The number of aliphatic hydroxyl groups is 1. The van der Waals surface area contributed by atoms with Crippen LogP contribution in [0.25, 0.3) is 0 Å². The van der Waals surface area contributed by atoms with Crippen LogP contribution in [-0.2, 0) is 21.4 Å². The van der Waals surface area contributed by atoms with Gasteiger partial charge in [0, 0.05) is 32.7 Å². The Morgan fingerprint density at radius 1 is 1.12 bits per heavy atom. The number of para-hydroxylation sites is 1. The summed E-state index contributed by atoms with van der Waals surface area (Å²) in [6.07, 6.45) is 0.547. The van der Waals surface area contributed by atoms with Gasteiger partial charge >= 0.3 is 0 Å². The maximum Gasteiger partial charge on any atom is 0.238 e. The van der Waals surface area contributed by atoms with Crippen LogP contribution in [0.2, 0.25) is 0 Å². The molecule has 0 aromatic heterocycles. The quantitative estimate of drug-likeness (QED) is 0.865. The van der Waals surface area contributed by atoms with Gasteiger partial charge in [-0.05, 0) is 23.6 Å². The van der Waals surface area contributed by atoms with E-state index in [0.717, 1.165) is 16.8 Å². The standard InChI is InChI=1S/C21H24N2O3/c1-22(12-13-24)19(25)15-21(14-16-8-4-3-5-9-16)17-10-6-7-11-18(17)23(2)20(21)26/h3-11,24H,12-15H2,1-2H3/t21-/m1/s1. The van der Waals surface area contributed by atoms with E-state index >= 15 is 0 Å². The lowest BCUT2D eigenvalue weighted by Gasteiger charge is -2.30. The van der Waals surface area contributed by atoms with Gasteiger partial charge in [0.25, 0.3) is 0 Å².